The molecular weight excluding hydrogens is 451 g/mol. The number of nitrogens with zero attached hydrogens (tertiary/aromatic N) is 1. The molecule has 2 aromatic rings. The van der Waals surface area contributed by atoms with E-state index >= 15 is 0 Å². The summed E-state index contributed by atoms with van der Waals surface area (Å²) in [6.07, 6.45) is 1.82. The van der Waals surface area contributed by atoms with E-state index < -0.39 is 0 Å². The van der Waals surface area contributed by atoms with Gasteiger partial charge in [-0.3, -0.25) is 4.79 Å². The number of benzene rings is 2. The summed E-state index contributed by atoms with van der Waals surface area (Å²) in [7, 11) is 3.19. The van der Waals surface area contributed by atoms with E-state index in [1.54, 1.807) is 14.2 Å². The third kappa shape index (κ3) is 4.16. The molecule has 0 radical (unpaired) electrons. The van der Waals surface area contributed by atoms with Crippen LogP contribution in [0.5, 0.6) is 11.5 Å². The first-order chi connectivity index (χ1) is 12.1. The Kier molecular flexibility index (Phi) is 5.64. The third-order valence-corrected chi connectivity index (χ3v) is 5.10. The smallest absolute Gasteiger partial charge is 0.264 e. The van der Waals surface area contributed by atoms with Gasteiger partial charge in [-0.1, -0.05) is 18.2 Å². The Morgan fingerprint density at radius 2 is 1.92 bits per heavy atom. The van der Waals surface area contributed by atoms with Crippen molar-refractivity contribution in [3.8, 4) is 11.5 Å². The minimum Gasteiger partial charge on any atom is -0.493 e. The number of hydrogen-bond acceptors (Lipinski definition) is 5. The van der Waals surface area contributed by atoms with E-state index in [1.807, 2.05) is 48.5 Å². The van der Waals surface area contributed by atoms with Crippen LogP contribution >= 0.6 is 34.4 Å². The number of carbonyl (C=O) groups is 1. The molecule has 0 aromatic heterocycles. The number of halogens is 1. The van der Waals surface area contributed by atoms with E-state index in [9.17, 15) is 4.79 Å². The average Bonchev–Trinajstić information content (AvgIpc) is 2.94. The van der Waals surface area contributed by atoms with E-state index in [-0.39, 0.29) is 5.91 Å². The molecular formula is C18H15IN2O3S. The highest BCUT2D eigenvalue weighted by Gasteiger charge is 2.24. The van der Waals surface area contributed by atoms with Crippen molar-refractivity contribution < 1.29 is 14.3 Å². The first-order valence-corrected chi connectivity index (χ1v) is 9.26. The molecule has 5 nitrogen and oxygen atoms in total. The first kappa shape index (κ1) is 17.8. The van der Waals surface area contributed by atoms with Gasteiger partial charge in [0.15, 0.2) is 16.7 Å². The van der Waals surface area contributed by atoms with Gasteiger partial charge in [0.2, 0.25) is 0 Å². The third-order valence-electron chi connectivity index (χ3n) is 3.39. The van der Waals surface area contributed by atoms with E-state index in [4.69, 9.17) is 9.47 Å². The molecule has 0 saturated carbocycles. The van der Waals surface area contributed by atoms with Crippen LogP contribution in [-0.2, 0) is 4.79 Å². The summed E-state index contributed by atoms with van der Waals surface area (Å²) in [5.74, 6) is 1.15. The molecule has 0 aliphatic carbocycles. The highest BCUT2D eigenvalue weighted by molar-refractivity contribution is 14.1. The molecule has 1 N–H and O–H groups in total. The lowest BCUT2D eigenvalue weighted by molar-refractivity contribution is -0.115. The minimum atomic E-state index is -0.163. The predicted molar refractivity (Wildman–Crippen MR) is 110 cm³/mol. The molecule has 1 aliphatic rings. The van der Waals surface area contributed by atoms with Crippen LogP contribution in [0.1, 0.15) is 5.56 Å². The van der Waals surface area contributed by atoms with Crippen molar-refractivity contribution in [1.82, 2.24) is 5.32 Å². The van der Waals surface area contributed by atoms with Crippen molar-refractivity contribution in [3.05, 3.63) is 56.5 Å². The van der Waals surface area contributed by atoms with Crippen LogP contribution in [0.4, 0.5) is 5.69 Å². The molecule has 128 valence electrons. The molecule has 0 spiro atoms. The first-order valence-electron chi connectivity index (χ1n) is 7.37. The zero-order chi connectivity index (χ0) is 17.8. The Labute approximate surface area is 163 Å². The van der Waals surface area contributed by atoms with Crippen LogP contribution in [0.2, 0.25) is 0 Å². The molecule has 1 fully saturated rings. The van der Waals surface area contributed by atoms with Crippen molar-refractivity contribution in [2.75, 3.05) is 14.2 Å². The van der Waals surface area contributed by atoms with Crippen molar-refractivity contribution >= 4 is 57.2 Å². The molecule has 2 aromatic carbocycles. The fourth-order valence-corrected chi connectivity index (χ4v) is 3.96. The van der Waals surface area contributed by atoms with Gasteiger partial charge >= 0.3 is 0 Å². The zero-order valence-electron chi connectivity index (χ0n) is 13.6. The van der Waals surface area contributed by atoms with E-state index in [0.717, 1.165) is 14.8 Å². The van der Waals surface area contributed by atoms with E-state index in [0.29, 0.717) is 21.6 Å². The fraction of sp³-hybridized carbons (Fsp3) is 0.111. The second-order valence-corrected chi connectivity index (χ2v) is 7.25. The number of methoxy groups -OCH3 is 2. The largest absolute Gasteiger partial charge is 0.493 e. The van der Waals surface area contributed by atoms with Crippen LogP contribution in [0.3, 0.4) is 0 Å². The monoisotopic (exact) mass is 466 g/mol. The average molecular weight is 466 g/mol. The van der Waals surface area contributed by atoms with Gasteiger partial charge in [-0.2, -0.15) is 0 Å². The maximum Gasteiger partial charge on any atom is 0.264 e. The summed E-state index contributed by atoms with van der Waals surface area (Å²) in [6, 6.07) is 13.3. The van der Waals surface area contributed by atoms with Crippen LogP contribution in [0.25, 0.3) is 6.08 Å². The molecule has 1 amide bonds. The van der Waals surface area contributed by atoms with Gasteiger partial charge in [0.1, 0.15) is 0 Å². The topological polar surface area (TPSA) is 59.9 Å². The summed E-state index contributed by atoms with van der Waals surface area (Å²) in [4.78, 5) is 17.2. The molecule has 0 unspecified atom stereocenters. The Morgan fingerprint density at radius 1 is 1.16 bits per heavy atom. The lowest BCUT2D eigenvalue weighted by atomic mass is 10.2. The van der Waals surface area contributed by atoms with Crippen LogP contribution in [0.15, 0.2) is 52.4 Å². The van der Waals surface area contributed by atoms with Crippen molar-refractivity contribution in [2.45, 2.75) is 0 Å². The molecule has 1 aliphatic heterocycles. The van der Waals surface area contributed by atoms with Gasteiger partial charge in [-0.25, -0.2) is 4.99 Å². The highest BCUT2D eigenvalue weighted by atomic mass is 127. The maximum absolute atomic E-state index is 12.2. The standard InChI is InChI=1S/C18H15IN2O3S/c1-23-14-9-11(8-13(19)16(14)24-2)10-15-17(22)21-18(25-15)20-12-6-4-3-5-7-12/h3-10H,1-2H3,(H,20,21,22). The van der Waals surface area contributed by atoms with E-state index in [2.05, 4.69) is 32.9 Å². The molecule has 7 heteroatoms. The van der Waals surface area contributed by atoms with Crippen LogP contribution in [-0.4, -0.2) is 25.3 Å². The van der Waals surface area contributed by atoms with Gasteiger partial charge in [-0.15, -0.1) is 0 Å². The summed E-state index contributed by atoms with van der Waals surface area (Å²) < 4.78 is 11.6. The quantitative estimate of drug-likeness (QED) is 0.542. The normalized spacial score (nSPS) is 17.0. The highest BCUT2D eigenvalue weighted by Crippen LogP contribution is 2.35. The SMILES string of the molecule is COc1cc(C=C2SC(=Nc3ccccc3)NC2=O)cc(I)c1OC. The lowest BCUT2D eigenvalue weighted by Gasteiger charge is -2.10. The van der Waals surface area contributed by atoms with Gasteiger partial charge < -0.3 is 14.8 Å². The number of para-hydroxylation sites is 1. The van der Waals surface area contributed by atoms with Gasteiger partial charge in [0.05, 0.1) is 28.4 Å². The van der Waals surface area contributed by atoms with Crippen molar-refractivity contribution in [1.29, 1.82) is 0 Å². The molecule has 0 atom stereocenters. The second-order valence-electron chi connectivity index (χ2n) is 5.06. The van der Waals surface area contributed by atoms with Gasteiger partial charge in [-0.05, 0) is 70.3 Å². The molecule has 1 heterocycles. The Bertz CT molecular complexity index is 866. The number of ether oxygens (including phenoxy) is 2. The molecule has 25 heavy (non-hydrogen) atoms. The fourth-order valence-electron chi connectivity index (χ4n) is 2.27. The van der Waals surface area contributed by atoms with Crippen LogP contribution < -0.4 is 14.8 Å². The summed E-state index contributed by atoms with van der Waals surface area (Å²) in [5.41, 5.74) is 1.66. The number of thioether (sulfide) groups is 1. The van der Waals surface area contributed by atoms with Crippen molar-refractivity contribution in [2.24, 2.45) is 4.99 Å². The number of nitrogens with one attached hydrogen (secondary N) is 1. The van der Waals surface area contributed by atoms with Crippen LogP contribution in [0, 0.1) is 3.57 Å². The lowest BCUT2D eigenvalue weighted by Crippen LogP contribution is -2.19. The molecule has 0 bridgehead atoms. The minimum absolute atomic E-state index is 0.163. The number of rotatable bonds is 4. The predicted octanol–water partition coefficient (Wildman–Crippen LogP) is 4.20. The maximum atomic E-state index is 12.2. The number of hydrogen-bond donors (Lipinski definition) is 1. The number of amidine groups is 1. The molecule has 3 rings (SSSR count). The van der Waals surface area contributed by atoms with Crippen molar-refractivity contribution in [3.63, 3.8) is 0 Å². The second kappa shape index (κ2) is 7.92. The summed E-state index contributed by atoms with van der Waals surface area (Å²) >= 11 is 3.49. The Morgan fingerprint density at radius 3 is 2.60 bits per heavy atom. The van der Waals surface area contributed by atoms with Gasteiger partial charge in [0, 0.05) is 0 Å². The number of amides is 1. The Hall–Kier alpha value is -2.00. The van der Waals surface area contributed by atoms with Gasteiger partial charge in [0.25, 0.3) is 5.91 Å². The Balaban J connectivity index is 1.88. The molecule has 1 saturated heterocycles. The number of aliphatic imine (C=N–C) groups is 1. The summed E-state index contributed by atoms with van der Waals surface area (Å²) in [5, 5.41) is 3.35. The number of carbonyl (C=O) groups excluding carboxylic acids is 1. The summed E-state index contributed by atoms with van der Waals surface area (Å²) in [6.45, 7) is 0. The van der Waals surface area contributed by atoms with E-state index in [1.165, 1.54) is 11.8 Å². The zero-order valence-corrected chi connectivity index (χ0v) is 16.6.